The van der Waals surface area contributed by atoms with Crippen molar-refractivity contribution in [3.8, 4) is 23.0 Å². The highest BCUT2D eigenvalue weighted by Gasteiger charge is 2.16. The molecule has 0 spiro atoms. The van der Waals surface area contributed by atoms with E-state index in [1.807, 2.05) is 37.3 Å². The number of fused-ring (bicyclic) bond motifs is 1. The van der Waals surface area contributed by atoms with Crippen LogP contribution in [-0.2, 0) is 0 Å². The molecular formula is C18H20N2O4S. The molecule has 132 valence electrons. The molecule has 0 radical (unpaired) electrons. The lowest BCUT2D eigenvalue weighted by molar-refractivity contribution is 0.174. The highest BCUT2D eigenvalue weighted by molar-refractivity contribution is 7.80. The van der Waals surface area contributed by atoms with E-state index in [0.29, 0.717) is 10.9 Å². The molecule has 0 aromatic heterocycles. The zero-order valence-electron chi connectivity index (χ0n) is 14.3. The average Bonchev–Trinajstić information content (AvgIpc) is 3.09. The Balaban J connectivity index is 1.66. The summed E-state index contributed by atoms with van der Waals surface area (Å²) in [5.74, 6) is 2.88. The van der Waals surface area contributed by atoms with Crippen molar-refractivity contribution in [1.82, 2.24) is 5.32 Å². The van der Waals surface area contributed by atoms with Crippen molar-refractivity contribution >= 4 is 23.0 Å². The van der Waals surface area contributed by atoms with Gasteiger partial charge >= 0.3 is 0 Å². The number of anilines is 1. The molecule has 3 rings (SSSR count). The van der Waals surface area contributed by atoms with Crippen molar-refractivity contribution < 1.29 is 18.9 Å². The molecule has 2 N–H and O–H groups in total. The van der Waals surface area contributed by atoms with Crippen molar-refractivity contribution in [2.45, 2.75) is 13.0 Å². The molecule has 1 unspecified atom stereocenters. The number of methoxy groups -OCH3 is 2. The van der Waals surface area contributed by atoms with E-state index in [-0.39, 0.29) is 12.8 Å². The highest BCUT2D eigenvalue weighted by Crippen LogP contribution is 2.34. The van der Waals surface area contributed by atoms with Gasteiger partial charge in [-0.2, -0.15) is 0 Å². The third-order valence-electron chi connectivity index (χ3n) is 3.90. The summed E-state index contributed by atoms with van der Waals surface area (Å²) in [6, 6.07) is 11.3. The maximum Gasteiger partial charge on any atom is 0.231 e. The number of hydrogen-bond donors (Lipinski definition) is 2. The first-order valence-corrected chi connectivity index (χ1v) is 8.20. The zero-order chi connectivity index (χ0) is 17.8. The molecule has 2 aromatic carbocycles. The molecule has 1 aliphatic heterocycles. The molecule has 7 heteroatoms. The molecule has 0 saturated heterocycles. The second-order valence-corrected chi connectivity index (χ2v) is 5.91. The molecule has 1 atom stereocenters. The lowest BCUT2D eigenvalue weighted by Gasteiger charge is -2.19. The van der Waals surface area contributed by atoms with E-state index in [2.05, 4.69) is 10.6 Å². The first-order valence-electron chi connectivity index (χ1n) is 7.80. The quantitative estimate of drug-likeness (QED) is 0.792. The molecule has 1 aliphatic rings. The predicted octanol–water partition coefficient (Wildman–Crippen LogP) is 3.48. The molecule has 6 nitrogen and oxygen atoms in total. The average molecular weight is 360 g/mol. The van der Waals surface area contributed by atoms with Crippen LogP contribution < -0.4 is 29.6 Å². The number of ether oxygens (including phenoxy) is 4. The van der Waals surface area contributed by atoms with Gasteiger partial charge in [-0.05, 0) is 49.0 Å². The van der Waals surface area contributed by atoms with Crippen LogP contribution in [0.2, 0.25) is 0 Å². The Hall–Kier alpha value is -2.67. The van der Waals surface area contributed by atoms with E-state index in [9.17, 15) is 0 Å². The van der Waals surface area contributed by atoms with Crippen LogP contribution in [0, 0.1) is 0 Å². The van der Waals surface area contributed by atoms with Crippen molar-refractivity contribution in [2.75, 3.05) is 26.3 Å². The Labute approximate surface area is 152 Å². The highest BCUT2D eigenvalue weighted by atomic mass is 32.1. The molecule has 2 aromatic rings. The van der Waals surface area contributed by atoms with Gasteiger partial charge in [0.1, 0.15) is 11.5 Å². The monoisotopic (exact) mass is 360 g/mol. The third-order valence-corrected chi connectivity index (χ3v) is 4.12. The van der Waals surface area contributed by atoms with E-state index in [1.54, 1.807) is 20.3 Å². The first kappa shape index (κ1) is 17.2. The van der Waals surface area contributed by atoms with Crippen LogP contribution in [0.5, 0.6) is 23.0 Å². The van der Waals surface area contributed by atoms with E-state index >= 15 is 0 Å². The van der Waals surface area contributed by atoms with Gasteiger partial charge < -0.3 is 29.6 Å². The minimum absolute atomic E-state index is 0.00116. The lowest BCUT2D eigenvalue weighted by Crippen LogP contribution is -2.31. The van der Waals surface area contributed by atoms with Gasteiger partial charge in [0.05, 0.1) is 25.9 Å². The van der Waals surface area contributed by atoms with Gasteiger partial charge in [0.15, 0.2) is 16.6 Å². The Bertz CT molecular complexity index is 782. The van der Waals surface area contributed by atoms with Gasteiger partial charge in [-0.1, -0.05) is 6.07 Å². The predicted molar refractivity (Wildman–Crippen MR) is 99.9 cm³/mol. The van der Waals surface area contributed by atoms with Crippen molar-refractivity contribution in [1.29, 1.82) is 0 Å². The van der Waals surface area contributed by atoms with Crippen LogP contribution >= 0.6 is 12.2 Å². The van der Waals surface area contributed by atoms with E-state index in [0.717, 1.165) is 28.5 Å². The van der Waals surface area contributed by atoms with Gasteiger partial charge in [0.25, 0.3) is 0 Å². The molecule has 0 saturated carbocycles. The number of rotatable bonds is 5. The summed E-state index contributed by atoms with van der Waals surface area (Å²) in [5.41, 5.74) is 1.81. The van der Waals surface area contributed by atoms with Crippen molar-refractivity contribution in [3.63, 3.8) is 0 Å². The van der Waals surface area contributed by atoms with Gasteiger partial charge in [-0.15, -0.1) is 0 Å². The van der Waals surface area contributed by atoms with Crippen LogP contribution in [0.3, 0.4) is 0 Å². The number of hydrogen-bond acceptors (Lipinski definition) is 5. The standard InChI is InChI=1S/C18H20N2O4S/c1-11(12-4-7-15-17(8-12)24-10-23-15)19-18(25)20-14-6-5-13(21-2)9-16(14)22-3/h4-9,11H,10H2,1-3H3,(H2,19,20,25). The second kappa shape index (κ2) is 7.48. The molecule has 25 heavy (non-hydrogen) atoms. The number of thiocarbonyl (C=S) groups is 1. The minimum atomic E-state index is -0.00116. The van der Waals surface area contributed by atoms with Crippen LogP contribution in [0.1, 0.15) is 18.5 Å². The summed E-state index contributed by atoms with van der Waals surface area (Å²) in [6.07, 6.45) is 0. The van der Waals surface area contributed by atoms with Gasteiger partial charge in [0.2, 0.25) is 6.79 Å². The summed E-state index contributed by atoms with van der Waals surface area (Å²) >= 11 is 5.42. The molecule has 1 heterocycles. The fourth-order valence-corrected chi connectivity index (χ4v) is 2.81. The Kier molecular flexibility index (Phi) is 5.14. The van der Waals surface area contributed by atoms with E-state index in [4.69, 9.17) is 31.2 Å². The normalized spacial score (nSPS) is 13.1. The van der Waals surface area contributed by atoms with Crippen molar-refractivity contribution in [3.05, 3.63) is 42.0 Å². The van der Waals surface area contributed by atoms with Crippen LogP contribution in [-0.4, -0.2) is 26.1 Å². The number of nitrogens with one attached hydrogen (secondary N) is 2. The molecular weight excluding hydrogens is 340 g/mol. The van der Waals surface area contributed by atoms with Crippen LogP contribution in [0.15, 0.2) is 36.4 Å². The smallest absolute Gasteiger partial charge is 0.231 e. The van der Waals surface area contributed by atoms with Gasteiger partial charge in [-0.3, -0.25) is 0 Å². The topological polar surface area (TPSA) is 61.0 Å². The van der Waals surface area contributed by atoms with Gasteiger partial charge in [-0.25, -0.2) is 0 Å². The molecule has 0 bridgehead atoms. The minimum Gasteiger partial charge on any atom is -0.497 e. The molecule has 0 fully saturated rings. The Morgan fingerprint density at radius 3 is 2.64 bits per heavy atom. The Morgan fingerprint density at radius 2 is 1.88 bits per heavy atom. The molecule has 0 amide bonds. The second-order valence-electron chi connectivity index (χ2n) is 5.50. The SMILES string of the molecule is COc1ccc(NC(=S)NC(C)c2ccc3c(c2)OCO3)c(OC)c1. The van der Waals surface area contributed by atoms with E-state index < -0.39 is 0 Å². The van der Waals surface area contributed by atoms with E-state index in [1.165, 1.54) is 0 Å². The zero-order valence-corrected chi connectivity index (χ0v) is 15.1. The van der Waals surface area contributed by atoms with Crippen molar-refractivity contribution in [2.24, 2.45) is 0 Å². The lowest BCUT2D eigenvalue weighted by atomic mass is 10.1. The summed E-state index contributed by atoms with van der Waals surface area (Å²) in [6.45, 7) is 2.29. The third kappa shape index (κ3) is 3.88. The fraction of sp³-hybridized carbons (Fsp3) is 0.278. The summed E-state index contributed by atoms with van der Waals surface area (Å²) < 4.78 is 21.3. The summed E-state index contributed by atoms with van der Waals surface area (Å²) in [5, 5.41) is 6.90. The largest absolute Gasteiger partial charge is 0.497 e. The summed E-state index contributed by atoms with van der Waals surface area (Å²) in [7, 11) is 3.22. The van der Waals surface area contributed by atoms with Gasteiger partial charge in [0, 0.05) is 6.07 Å². The van der Waals surface area contributed by atoms with Crippen LogP contribution in [0.4, 0.5) is 5.69 Å². The van der Waals surface area contributed by atoms with Crippen LogP contribution in [0.25, 0.3) is 0 Å². The fourth-order valence-electron chi connectivity index (χ4n) is 2.52. The number of benzene rings is 2. The first-order chi connectivity index (χ1) is 12.1. The maximum atomic E-state index is 5.42. The Morgan fingerprint density at radius 1 is 1.08 bits per heavy atom. The molecule has 0 aliphatic carbocycles. The summed E-state index contributed by atoms with van der Waals surface area (Å²) in [4.78, 5) is 0. The maximum absolute atomic E-state index is 5.42.